The molecule has 0 fully saturated rings. The number of hydrogen-bond acceptors (Lipinski definition) is 4. The summed E-state index contributed by atoms with van der Waals surface area (Å²) in [6.07, 6.45) is 0. The minimum absolute atomic E-state index is 0.192. The summed E-state index contributed by atoms with van der Waals surface area (Å²) in [6, 6.07) is 2.94. The molecule has 0 aromatic heterocycles. The summed E-state index contributed by atoms with van der Waals surface area (Å²) in [5.41, 5.74) is 0.192. The molecule has 0 saturated heterocycles. The molecule has 0 aliphatic rings. The topological polar surface area (TPSA) is 58.9 Å². The van der Waals surface area contributed by atoms with Gasteiger partial charge in [-0.05, 0) is 13.0 Å². The summed E-state index contributed by atoms with van der Waals surface area (Å²) in [5, 5.41) is 18.3. The number of methoxy groups -OCH3 is 1. The molecule has 0 amide bonds. The quantitative estimate of drug-likeness (QED) is 0.737. The zero-order valence-corrected chi connectivity index (χ0v) is 9.28. The maximum atomic E-state index is 9.02. The average Bonchev–Trinajstić information content (AvgIpc) is 2.18. The van der Waals surface area contributed by atoms with Gasteiger partial charge in [-0.1, -0.05) is 11.6 Å². The highest BCUT2D eigenvalue weighted by Gasteiger charge is 2.19. The molecular weight excluding hydrogens is 218 g/mol. The minimum atomic E-state index is -1.62. The van der Waals surface area contributed by atoms with Gasteiger partial charge >= 0.3 is 7.12 Å². The molecule has 0 unspecified atom stereocenters. The van der Waals surface area contributed by atoms with Gasteiger partial charge in [0.15, 0.2) is 11.5 Å². The third-order valence-corrected chi connectivity index (χ3v) is 2.19. The second-order valence-electron chi connectivity index (χ2n) is 2.83. The molecule has 6 heteroatoms. The molecular formula is C9H12BClO4. The molecule has 1 aromatic carbocycles. The van der Waals surface area contributed by atoms with Crippen molar-refractivity contribution >= 4 is 24.2 Å². The Morgan fingerprint density at radius 1 is 1.33 bits per heavy atom. The van der Waals surface area contributed by atoms with Crippen molar-refractivity contribution in [3.05, 3.63) is 17.2 Å². The number of hydrogen-bond donors (Lipinski definition) is 2. The van der Waals surface area contributed by atoms with Crippen LogP contribution in [0, 0.1) is 0 Å². The molecule has 2 N–H and O–H groups in total. The fourth-order valence-electron chi connectivity index (χ4n) is 1.18. The van der Waals surface area contributed by atoms with E-state index in [1.165, 1.54) is 19.2 Å². The number of ether oxygens (including phenoxy) is 2. The lowest BCUT2D eigenvalue weighted by atomic mass is 9.80. The first-order chi connectivity index (χ1) is 7.10. The normalized spacial score (nSPS) is 9.93. The Morgan fingerprint density at radius 3 is 2.47 bits per heavy atom. The zero-order chi connectivity index (χ0) is 11.4. The fourth-order valence-corrected chi connectivity index (χ4v) is 1.43. The third kappa shape index (κ3) is 2.78. The van der Waals surface area contributed by atoms with Gasteiger partial charge in [0.1, 0.15) is 0 Å². The highest BCUT2D eigenvalue weighted by atomic mass is 35.5. The maximum Gasteiger partial charge on any atom is 0.490 e. The second-order valence-corrected chi connectivity index (χ2v) is 3.24. The summed E-state index contributed by atoms with van der Waals surface area (Å²) >= 11 is 5.83. The number of halogens is 1. The largest absolute Gasteiger partial charge is 0.493 e. The molecule has 0 aliphatic heterocycles. The number of rotatable bonds is 4. The van der Waals surface area contributed by atoms with E-state index in [4.69, 9.17) is 31.1 Å². The summed E-state index contributed by atoms with van der Waals surface area (Å²) in [4.78, 5) is 0. The maximum absolute atomic E-state index is 9.02. The van der Waals surface area contributed by atoms with Crippen LogP contribution in [0.2, 0.25) is 5.02 Å². The SMILES string of the molecule is CCOc1cc(Cl)c(B(O)O)cc1OC. The van der Waals surface area contributed by atoms with E-state index >= 15 is 0 Å². The monoisotopic (exact) mass is 230 g/mol. The average molecular weight is 230 g/mol. The van der Waals surface area contributed by atoms with Crippen LogP contribution in [0.4, 0.5) is 0 Å². The summed E-state index contributed by atoms with van der Waals surface area (Å²) in [5.74, 6) is 0.902. The van der Waals surface area contributed by atoms with Crippen LogP contribution in [-0.4, -0.2) is 30.9 Å². The summed E-state index contributed by atoms with van der Waals surface area (Å²) in [7, 11) is -0.152. The first-order valence-electron chi connectivity index (χ1n) is 4.46. The van der Waals surface area contributed by atoms with Crippen LogP contribution < -0.4 is 14.9 Å². The van der Waals surface area contributed by atoms with E-state index in [9.17, 15) is 0 Å². The van der Waals surface area contributed by atoms with Crippen molar-refractivity contribution in [2.75, 3.05) is 13.7 Å². The van der Waals surface area contributed by atoms with Crippen LogP contribution >= 0.6 is 11.6 Å². The van der Waals surface area contributed by atoms with Crippen LogP contribution in [0.15, 0.2) is 12.1 Å². The molecule has 0 aliphatic carbocycles. The van der Waals surface area contributed by atoms with Gasteiger partial charge in [-0.3, -0.25) is 0 Å². The molecule has 0 radical (unpaired) electrons. The van der Waals surface area contributed by atoms with Gasteiger partial charge in [-0.2, -0.15) is 0 Å². The van der Waals surface area contributed by atoms with Gasteiger partial charge < -0.3 is 19.5 Å². The lowest BCUT2D eigenvalue weighted by Gasteiger charge is -2.12. The van der Waals surface area contributed by atoms with Crippen LogP contribution in [0.25, 0.3) is 0 Å². The minimum Gasteiger partial charge on any atom is -0.493 e. The molecule has 1 aromatic rings. The molecule has 4 nitrogen and oxygen atoms in total. The third-order valence-electron chi connectivity index (χ3n) is 1.86. The number of benzene rings is 1. The predicted octanol–water partition coefficient (Wildman–Crippen LogP) is 0.427. The van der Waals surface area contributed by atoms with Gasteiger partial charge in [-0.15, -0.1) is 0 Å². The molecule has 1 rings (SSSR count). The van der Waals surface area contributed by atoms with Gasteiger partial charge in [0.25, 0.3) is 0 Å². The van der Waals surface area contributed by atoms with Gasteiger partial charge in [0.2, 0.25) is 0 Å². The van der Waals surface area contributed by atoms with E-state index in [-0.39, 0.29) is 10.5 Å². The Bertz CT molecular complexity index is 343. The van der Waals surface area contributed by atoms with Crippen molar-refractivity contribution in [1.29, 1.82) is 0 Å². The van der Waals surface area contributed by atoms with Crippen LogP contribution in [0.3, 0.4) is 0 Å². The van der Waals surface area contributed by atoms with E-state index < -0.39 is 7.12 Å². The van der Waals surface area contributed by atoms with Crippen molar-refractivity contribution < 1.29 is 19.5 Å². The van der Waals surface area contributed by atoms with E-state index in [1.54, 1.807) is 0 Å². The van der Waals surface area contributed by atoms with Crippen molar-refractivity contribution in [3.63, 3.8) is 0 Å². The molecule has 15 heavy (non-hydrogen) atoms. The van der Waals surface area contributed by atoms with Gasteiger partial charge in [0.05, 0.1) is 13.7 Å². The first-order valence-corrected chi connectivity index (χ1v) is 4.84. The van der Waals surface area contributed by atoms with E-state index in [0.29, 0.717) is 18.1 Å². The molecule has 0 bridgehead atoms. The lowest BCUT2D eigenvalue weighted by molar-refractivity contribution is 0.311. The Kier molecular flexibility index (Phi) is 4.26. The fraction of sp³-hybridized carbons (Fsp3) is 0.333. The Balaban J connectivity index is 3.16. The summed E-state index contributed by atoms with van der Waals surface area (Å²) < 4.78 is 10.3. The van der Waals surface area contributed by atoms with Crippen molar-refractivity contribution in [3.8, 4) is 11.5 Å². The van der Waals surface area contributed by atoms with Crippen LogP contribution in [0.1, 0.15) is 6.92 Å². The van der Waals surface area contributed by atoms with Gasteiger partial charge in [-0.25, -0.2) is 0 Å². The van der Waals surface area contributed by atoms with E-state index in [2.05, 4.69) is 0 Å². The lowest BCUT2D eigenvalue weighted by Crippen LogP contribution is -2.30. The highest BCUT2D eigenvalue weighted by molar-refractivity contribution is 6.62. The Labute approximate surface area is 93.5 Å². The Hall–Kier alpha value is -0.905. The van der Waals surface area contributed by atoms with Crippen molar-refractivity contribution in [1.82, 2.24) is 0 Å². The van der Waals surface area contributed by atoms with Gasteiger partial charge in [0, 0.05) is 16.6 Å². The van der Waals surface area contributed by atoms with E-state index in [1.807, 2.05) is 6.92 Å². The van der Waals surface area contributed by atoms with Crippen molar-refractivity contribution in [2.24, 2.45) is 0 Å². The van der Waals surface area contributed by atoms with Crippen LogP contribution in [0.5, 0.6) is 11.5 Å². The summed E-state index contributed by atoms with van der Waals surface area (Å²) in [6.45, 7) is 2.32. The molecule has 82 valence electrons. The first kappa shape index (κ1) is 12.2. The zero-order valence-electron chi connectivity index (χ0n) is 8.53. The second kappa shape index (κ2) is 5.25. The van der Waals surface area contributed by atoms with Crippen LogP contribution in [-0.2, 0) is 0 Å². The molecule has 0 atom stereocenters. The molecule has 0 heterocycles. The highest BCUT2D eigenvalue weighted by Crippen LogP contribution is 2.28. The van der Waals surface area contributed by atoms with E-state index in [0.717, 1.165) is 0 Å². The Morgan fingerprint density at radius 2 is 2.00 bits per heavy atom. The molecule has 0 spiro atoms. The molecule has 0 saturated carbocycles. The standard InChI is InChI=1S/C9H12BClO4/c1-3-15-9-5-7(11)6(10(12)13)4-8(9)14-2/h4-5,12-13H,3H2,1-2H3. The predicted molar refractivity (Wildman–Crippen MR) is 59.0 cm³/mol. The smallest absolute Gasteiger partial charge is 0.490 e. The van der Waals surface area contributed by atoms with Crippen molar-refractivity contribution in [2.45, 2.75) is 6.92 Å².